The Balaban J connectivity index is 2.42. The summed E-state index contributed by atoms with van der Waals surface area (Å²) in [5.41, 5.74) is 6.92. The maximum Gasteiger partial charge on any atom is 0.340 e. The molecule has 1 fully saturated rings. The maximum atomic E-state index is 11.7. The molecule has 104 valence electrons. The Morgan fingerprint density at radius 3 is 2.95 bits per heavy atom. The van der Waals surface area contributed by atoms with Crippen molar-refractivity contribution in [2.24, 2.45) is 0 Å². The van der Waals surface area contributed by atoms with Crippen LogP contribution in [0.2, 0.25) is 0 Å². The normalized spacial score (nSPS) is 22.6. The maximum absolute atomic E-state index is 11.7. The lowest BCUT2D eigenvalue weighted by Gasteiger charge is -2.30. The second kappa shape index (κ2) is 5.47. The summed E-state index contributed by atoms with van der Waals surface area (Å²) in [7, 11) is 1.36. The van der Waals surface area contributed by atoms with E-state index in [0.29, 0.717) is 29.2 Å². The number of carbonyl (C=O) groups excluding carboxylic acids is 1. The van der Waals surface area contributed by atoms with E-state index in [1.165, 1.54) is 7.11 Å². The smallest absolute Gasteiger partial charge is 0.340 e. The highest BCUT2D eigenvalue weighted by Gasteiger charge is 2.32. The minimum Gasteiger partial charge on any atom is -0.465 e. The molecule has 19 heavy (non-hydrogen) atoms. The van der Waals surface area contributed by atoms with E-state index in [2.05, 4.69) is 23.7 Å². The molecule has 2 N–H and O–H groups in total. The molecule has 0 bridgehead atoms. The van der Waals surface area contributed by atoms with Gasteiger partial charge in [0.15, 0.2) is 5.82 Å². The van der Waals surface area contributed by atoms with Gasteiger partial charge in [-0.1, -0.05) is 6.92 Å². The molecule has 1 aromatic rings. The molecule has 0 aliphatic carbocycles. The molecule has 0 saturated carbocycles. The van der Waals surface area contributed by atoms with Crippen LogP contribution in [0.5, 0.6) is 0 Å². The molecule has 0 amide bonds. The van der Waals surface area contributed by atoms with Gasteiger partial charge in [0, 0.05) is 18.3 Å². The van der Waals surface area contributed by atoms with Gasteiger partial charge in [-0.05, 0) is 32.3 Å². The number of pyridine rings is 1. The highest BCUT2D eigenvalue weighted by Crippen LogP contribution is 2.35. The third-order valence-electron chi connectivity index (χ3n) is 3.88. The summed E-state index contributed by atoms with van der Waals surface area (Å²) >= 11 is 0. The number of nitrogens with zero attached hydrogens (tertiary/aromatic N) is 2. The standard InChI is InChI=1S/C14H21N3O2/c1-4-10-6-5-9(2)17(10)13-12(15)11(7-8-16-13)14(18)19-3/h7-10H,4-6,15H2,1-3H3. The first kappa shape index (κ1) is 13.6. The summed E-state index contributed by atoms with van der Waals surface area (Å²) in [4.78, 5) is 18.3. The van der Waals surface area contributed by atoms with Gasteiger partial charge in [-0.15, -0.1) is 0 Å². The van der Waals surface area contributed by atoms with E-state index >= 15 is 0 Å². The van der Waals surface area contributed by atoms with Crippen molar-refractivity contribution in [2.75, 3.05) is 17.7 Å². The lowest BCUT2D eigenvalue weighted by Crippen LogP contribution is -2.35. The predicted octanol–water partition coefficient (Wildman–Crippen LogP) is 2.22. The molecule has 1 aliphatic heterocycles. The minimum atomic E-state index is -0.416. The van der Waals surface area contributed by atoms with Crippen LogP contribution in [0.3, 0.4) is 0 Å². The third-order valence-corrected chi connectivity index (χ3v) is 3.88. The molecule has 2 rings (SSSR count). The largest absolute Gasteiger partial charge is 0.465 e. The van der Waals surface area contributed by atoms with E-state index in [1.807, 2.05) is 0 Å². The highest BCUT2D eigenvalue weighted by molar-refractivity contribution is 5.97. The van der Waals surface area contributed by atoms with Gasteiger partial charge in [0.05, 0.1) is 18.4 Å². The van der Waals surface area contributed by atoms with Crippen LogP contribution >= 0.6 is 0 Å². The molecule has 0 spiro atoms. The average Bonchev–Trinajstić information content (AvgIpc) is 2.79. The van der Waals surface area contributed by atoms with E-state index < -0.39 is 5.97 Å². The molecule has 5 heteroatoms. The zero-order valence-corrected chi connectivity index (χ0v) is 11.7. The number of carbonyl (C=O) groups is 1. The number of methoxy groups -OCH3 is 1. The summed E-state index contributed by atoms with van der Waals surface area (Å²) in [6.45, 7) is 4.33. The number of esters is 1. The molecule has 0 radical (unpaired) electrons. The van der Waals surface area contributed by atoms with Crippen molar-refractivity contribution in [2.45, 2.75) is 45.2 Å². The quantitative estimate of drug-likeness (QED) is 0.847. The fraction of sp³-hybridized carbons (Fsp3) is 0.571. The average molecular weight is 263 g/mol. The van der Waals surface area contributed by atoms with E-state index in [-0.39, 0.29) is 0 Å². The monoisotopic (exact) mass is 263 g/mol. The molecular formula is C14H21N3O2. The van der Waals surface area contributed by atoms with Crippen LogP contribution in [0, 0.1) is 0 Å². The Hall–Kier alpha value is -1.78. The molecule has 0 aromatic carbocycles. The van der Waals surface area contributed by atoms with Crippen LogP contribution in [-0.4, -0.2) is 30.1 Å². The van der Waals surface area contributed by atoms with Crippen LogP contribution in [0.25, 0.3) is 0 Å². The summed E-state index contributed by atoms with van der Waals surface area (Å²) in [6.07, 6.45) is 4.94. The Morgan fingerprint density at radius 2 is 2.32 bits per heavy atom. The van der Waals surface area contributed by atoms with Gasteiger partial charge in [0.25, 0.3) is 0 Å². The second-order valence-electron chi connectivity index (χ2n) is 4.98. The minimum absolute atomic E-state index is 0.390. The molecule has 1 saturated heterocycles. The molecule has 1 aromatic heterocycles. The van der Waals surface area contributed by atoms with Crippen molar-refractivity contribution in [3.63, 3.8) is 0 Å². The van der Waals surface area contributed by atoms with Gasteiger partial charge in [-0.3, -0.25) is 0 Å². The number of nitrogens with two attached hydrogens (primary N) is 1. The van der Waals surface area contributed by atoms with Crippen molar-refractivity contribution in [1.82, 2.24) is 4.98 Å². The summed E-state index contributed by atoms with van der Waals surface area (Å²) < 4.78 is 4.75. The van der Waals surface area contributed by atoms with Crippen molar-refractivity contribution < 1.29 is 9.53 Å². The topological polar surface area (TPSA) is 68.5 Å². The van der Waals surface area contributed by atoms with E-state index in [9.17, 15) is 4.79 Å². The van der Waals surface area contributed by atoms with Crippen molar-refractivity contribution in [3.8, 4) is 0 Å². The summed E-state index contributed by atoms with van der Waals surface area (Å²) in [6, 6.07) is 2.44. The van der Waals surface area contributed by atoms with Crippen molar-refractivity contribution in [3.05, 3.63) is 17.8 Å². The lowest BCUT2D eigenvalue weighted by atomic mass is 10.1. The molecule has 2 atom stereocenters. The van der Waals surface area contributed by atoms with E-state index in [0.717, 1.165) is 19.3 Å². The van der Waals surface area contributed by atoms with E-state index in [1.54, 1.807) is 12.3 Å². The first-order chi connectivity index (χ1) is 9.10. The van der Waals surface area contributed by atoms with Gasteiger partial charge in [0.1, 0.15) is 0 Å². The van der Waals surface area contributed by atoms with Gasteiger partial charge in [0.2, 0.25) is 0 Å². The summed E-state index contributed by atoms with van der Waals surface area (Å²) in [5.74, 6) is 0.292. The number of hydrogen-bond donors (Lipinski definition) is 1. The number of nitrogen functional groups attached to an aromatic ring is 1. The third kappa shape index (κ3) is 2.37. The van der Waals surface area contributed by atoms with Gasteiger partial charge in [-0.2, -0.15) is 0 Å². The van der Waals surface area contributed by atoms with Crippen LogP contribution < -0.4 is 10.6 Å². The van der Waals surface area contributed by atoms with Crippen molar-refractivity contribution >= 4 is 17.5 Å². The van der Waals surface area contributed by atoms with Crippen LogP contribution in [0.4, 0.5) is 11.5 Å². The molecular weight excluding hydrogens is 242 g/mol. The Bertz CT molecular complexity index is 476. The molecule has 2 heterocycles. The SMILES string of the molecule is CCC1CCC(C)N1c1nccc(C(=O)OC)c1N. The zero-order valence-electron chi connectivity index (χ0n) is 11.7. The Morgan fingerprint density at radius 1 is 1.58 bits per heavy atom. The number of ether oxygens (including phenoxy) is 1. The predicted molar refractivity (Wildman–Crippen MR) is 75.2 cm³/mol. The highest BCUT2D eigenvalue weighted by atomic mass is 16.5. The van der Waals surface area contributed by atoms with E-state index in [4.69, 9.17) is 10.5 Å². The molecule has 2 unspecified atom stereocenters. The zero-order chi connectivity index (χ0) is 14.0. The number of aromatic nitrogens is 1. The number of hydrogen-bond acceptors (Lipinski definition) is 5. The Kier molecular flexibility index (Phi) is 3.93. The lowest BCUT2D eigenvalue weighted by molar-refractivity contribution is 0.0602. The first-order valence-electron chi connectivity index (χ1n) is 6.71. The first-order valence-corrected chi connectivity index (χ1v) is 6.71. The number of rotatable bonds is 3. The summed E-state index contributed by atoms with van der Waals surface area (Å²) in [5, 5.41) is 0. The fourth-order valence-electron chi connectivity index (χ4n) is 2.81. The van der Waals surface area contributed by atoms with Crippen LogP contribution in [0.1, 0.15) is 43.5 Å². The fourth-order valence-corrected chi connectivity index (χ4v) is 2.81. The van der Waals surface area contributed by atoms with Gasteiger partial charge in [-0.25, -0.2) is 9.78 Å². The molecule has 1 aliphatic rings. The Labute approximate surface area is 113 Å². The van der Waals surface area contributed by atoms with Gasteiger partial charge < -0.3 is 15.4 Å². The van der Waals surface area contributed by atoms with Crippen LogP contribution in [0.15, 0.2) is 12.3 Å². The van der Waals surface area contributed by atoms with Crippen molar-refractivity contribution in [1.29, 1.82) is 0 Å². The second-order valence-corrected chi connectivity index (χ2v) is 4.98. The van der Waals surface area contributed by atoms with Crippen LogP contribution in [-0.2, 0) is 4.74 Å². The molecule has 5 nitrogen and oxygen atoms in total. The number of anilines is 2. The van der Waals surface area contributed by atoms with Gasteiger partial charge >= 0.3 is 5.97 Å².